The number of anilines is 1. The number of ketones is 1. The molecule has 2 aromatic heterocycles. The van der Waals surface area contributed by atoms with Crippen molar-refractivity contribution in [1.82, 2.24) is 15.3 Å². The van der Waals surface area contributed by atoms with E-state index in [9.17, 15) is 4.79 Å². The average Bonchev–Trinajstić information content (AvgIpc) is 2.79. The maximum atomic E-state index is 13.4. The maximum Gasteiger partial charge on any atom is 0.213 e. The first-order valence-corrected chi connectivity index (χ1v) is 11.0. The number of hydrogen-bond donors (Lipinski definition) is 1. The minimum Gasteiger partial charge on any atom is -0.354 e. The third kappa shape index (κ3) is 5.00. The van der Waals surface area contributed by atoms with Gasteiger partial charge in [0.15, 0.2) is 0 Å². The molecule has 162 valence electrons. The molecule has 1 fully saturated rings. The Morgan fingerprint density at radius 2 is 1.97 bits per heavy atom. The lowest BCUT2D eigenvalue weighted by Crippen LogP contribution is -2.51. The quantitative estimate of drug-likeness (QED) is 0.588. The molecule has 0 radical (unpaired) electrons. The van der Waals surface area contributed by atoms with Gasteiger partial charge in [-0.05, 0) is 43.0 Å². The lowest BCUT2D eigenvalue weighted by Gasteiger charge is -2.35. The van der Waals surface area contributed by atoms with Crippen molar-refractivity contribution in [3.63, 3.8) is 0 Å². The zero-order valence-electron chi connectivity index (χ0n) is 18.5. The molecule has 1 aliphatic rings. The zero-order chi connectivity index (χ0) is 21.8. The van der Waals surface area contributed by atoms with Crippen LogP contribution in [0.1, 0.15) is 43.4 Å². The molecule has 3 heterocycles. The summed E-state index contributed by atoms with van der Waals surface area (Å²) in [6.07, 6.45) is 2.95. The molecule has 1 N–H and O–H groups in total. The summed E-state index contributed by atoms with van der Waals surface area (Å²) in [7, 11) is 0. The van der Waals surface area contributed by atoms with Crippen molar-refractivity contribution in [2.24, 2.45) is 5.92 Å². The number of piperazine rings is 1. The molecule has 5 nitrogen and oxygen atoms in total. The van der Waals surface area contributed by atoms with Crippen LogP contribution in [-0.2, 0) is 0 Å². The highest BCUT2D eigenvalue weighted by Crippen LogP contribution is 2.23. The molecular weight excluding hydrogens is 384 g/mol. The van der Waals surface area contributed by atoms with Gasteiger partial charge in [0.2, 0.25) is 5.78 Å². The van der Waals surface area contributed by atoms with Gasteiger partial charge in [0.25, 0.3) is 0 Å². The largest absolute Gasteiger partial charge is 0.354 e. The van der Waals surface area contributed by atoms with Crippen LogP contribution in [-0.4, -0.2) is 41.4 Å². The number of pyridine rings is 2. The molecule has 0 aliphatic carbocycles. The van der Waals surface area contributed by atoms with E-state index in [1.54, 1.807) is 6.07 Å². The van der Waals surface area contributed by atoms with Crippen molar-refractivity contribution >= 4 is 11.6 Å². The van der Waals surface area contributed by atoms with Gasteiger partial charge in [-0.3, -0.25) is 9.78 Å². The second kappa shape index (κ2) is 9.40. The highest BCUT2D eigenvalue weighted by atomic mass is 16.1. The van der Waals surface area contributed by atoms with Gasteiger partial charge in [-0.1, -0.05) is 50.2 Å². The normalized spacial score (nSPS) is 16.5. The Bertz CT molecular complexity index is 1050. The molecule has 0 spiro atoms. The molecule has 0 unspecified atom stereocenters. The fourth-order valence-electron chi connectivity index (χ4n) is 4.18. The van der Waals surface area contributed by atoms with Crippen LogP contribution in [0.4, 0.5) is 5.82 Å². The number of aromatic nitrogens is 2. The van der Waals surface area contributed by atoms with Crippen molar-refractivity contribution in [3.05, 3.63) is 77.7 Å². The first-order valence-electron chi connectivity index (χ1n) is 11.0. The van der Waals surface area contributed by atoms with Gasteiger partial charge in [0.1, 0.15) is 11.5 Å². The fourth-order valence-corrected chi connectivity index (χ4v) is 4.18. The first-order chi connectivity index (χ1) is 15.0. The van der Waals surface area contributed by atoms with Crippen LogP contribution < -0.4 is 10.2 Å². The molecule has 5 heteroatoms. The summed E-state index contributed by atoms with van der Waals surface area (Å²) in [5.41, 5.74) is 3.76. The third-order valence-corrected chi connectivity index (χ3v) is 5.74. The molecule has 1 saturated heterocycles. The van der Waals surface area contributed by atoms with Crippen molar-refractivity contribution in [2.45, 2.75) is 33.2 Å². The monoisotopic (exact) mass is 416 g/mol. The number of benzene rings is 1. The number of hydrogen-bond acceptors (Lipinski definition) is 5. The summed E-state index contributed by atoms with van der Waals surface area (Å²) >= 11 is 0. The Morgan fingerprint density at radius 1 is 1.16 bits per heavy atom. The Labute approximate surface area is 186 Å². The maximum absolute atomic E-state index is 13.4. The van der Waals surface area contributed by atoms with E-state index in [1.165, 1.54) is 0 Å². The standard InChI is InChI=1S/C26H30N4O.H2/c1-18(2)14-22-17-30(13-12-27-22)25-11-7-10-24(29-25)26(31)23-15-21(16-28-19(23)3)20-8-5-4-6-9-20;/h4-11,15-16,18,22,27H,12-14,17H2,1-3H3;1H/t22-;/m0./s1. The molecule has 31 heavy (non-hydrogen) atoms. The number of carbonyl (C=O) groups is 1. The van der Waals surface area contributed by atoms with Crippen LogP contribution in [0.15, 0.2) is 60.8 Å². The topological polar surface area (TPSA) is 58.1 Å². The van der Waals surface area contributed by atoms with E-state index in [2.05, 4.69) is 29.0 Å². The van der Waals surface area contributed by atoms with E-state index in [4.69, 9.17) is 4.98 Å². The lowest BCUT2D eigenvalue weighted by molar-refractivity contribution is 0.103. The molecule has 0 saturated carbocycles. The SMILES string of the molecule is Cc1ncc(-c2ccccc2)cc1C(=O)c1cccc(N2CCN[C@@H](CC(C)C)C2)n1.[HH]. The highest BCUT2D eigenvalue weighted by molar-refractivity contribution is 6.09. The van der Waals surface area contributed by atoms with E-state index >= 15 is 0 Å². The van der Waals surface area contributed by atoms with Gasteiger partial charge in [-0.2, -0.15) is 0 Å². The Balaban J connectivity index is 0.00000289. The van der Waals surface area contributed by atoms with Crippen LogP contribution in [0.25, 0.3) is 11.1 Å². The van der Waals surface area contributed by atoms with E-state index < -0.39 is 0 Å². The van der Waals surface area contributed by atoms with E-state index in [-0.39, 0.29) is 7.21 Å². The van der Waals surface area contributed by atoms with Gasteiger partial charge in [-0.25, -0.2) is 4.98 Å². The predicted octanol–water partition coefficient (Wildman–Crippen LogP) is 4.75. The summed E-state index contributed by atoms with van der Waals surface area (Å²) in [4.78, 5) is 24.9. The molecule has 3 aromatic rings. The molecule has 1 aliphatic heterocycles. The molecule has 0 amide bonds. The summed E-state index contributed by atoms with van der Waals surface area (Å²) in [5.74, 6) is 1.43. The Morgan fingerprint density at radius 3 is 2.74 bits per heavy atom. The molecule has 4 rings (SSSR count). The minimum absolute atomic E-state index is 0. The van der Waals surface area contributed by atoms with E-state index in [0.29, 0.717) is 23.2 Å². The number of nitrogens with zero attached hydrogens (tertiary/aromatic N) is 3. The smallest absolute Gasteiger partial charge is 0.213 e. The minimum atomic E-state index is -0.0847. The summed E-state index contributed by atoms with van der Waals surface area (Å²) in [6, 6.07) is 18.1. The van der Waals surface area contributed by atoms with Crippen LogP contribution in [0.2, 0.25) is 0 Å². The highest BCUT2D eigenvalue weighted by Gasteiger charge is 2.22. The van der Waals surface area contributed by atoms with Crippen molar-refractivity contribution < 1.29 is 6.22 Å². The summed E-state index contributed by atoms with van der Waals surface area (Å²) < 4.78 is 0. The van der Waals surface area contributed by atoms with Gasteiger partial charge < -0.3 is 10.2 Å². The fraction of sp³-hybridized carbons (Fsp3) is 0.346. The van der Waals surface area contributed by atoms with Crippen LogP contribution in [0.3, 0.4) is 0 Å². The van der Waals surface area contributed by atoms with Crippen LogP contribution in [0, 0.1) is 12.8 Å². The van der Waals surface area contributed by atoms with E-state index in [1.807, 2.05) is 61.7 Å². The summed E-state index contributed by atoms with van der Waals surface area (Å²) in [5, 5.41) is 3.60. The molecule has 0 bridgehead atoms. The first kappa shape index (κ1) is 21.2. The van der Waals surface area contributed by atoms with Gasteiger partial charge in [0.05, 0.1) is 0 Å². The lowest BCUT2D eigenvalue weighted by atomic mass is 10.0. The molecule has 1 atom stereocenters. The van der Waals surface area contributed by atoms with Gasteiger partial charge >= 0.3 is 0 Å². The van der Waals surface area contributed by atoms with Crippen LogP contribution >= 0.6 is 0 Å². The Kier molecular flexibility index (Phi) is 6.42. The number of rotatable bonds is 6. The van der Waals surface area contributed by atoms with Crippen molar-refractivity contribution in [3.8, 4) is 11.1 Å². The number of aryl methyl sites for hydroxylation is 1. The van der Waals surface area contributed by atoms with Crippen LogP contribution in [0.5, 0.6) is 0 Å². The van der Waals surface area contributed by atoms with Crippen molar-refractivity contribution in [1.29, 1.82) is 0 Å². The second-order valence-corrected chi connectivity index (χ2v) is 8.66. The number of nitrogens with one attached hydrogen (secondary N) is 1. The van der Waals surface area contributed by atoms with Gasteiger partial charge in [0, 0.05) is 50.1 Å². The average molecular weight is 417 g/mol. The van der Waals surface area contributed by atoms with Gasteiger partial charge in [-0.15, -0.1) is 0 Å². The third-order valence-electron chi connectivity index (χ3n) is 5.74. The predicted molar refractivity (Wildman–Crippen MR) is 128 cm³/mol. The second-order valence-electron chi connectivity index (χ2n) is 8.66. The van der Waals surface area contributed by atoms with Crippen molar-refractivity contribution in [2.75, 3.05) is 24.5 Å². The van der Waals surface area contributed by atoms with E-state index in [0.717, 1.165) is 48.7 Å². The summed E-state index contributed by atoms with van der Waals surface area (Å²) in [6.45, 7) is 9.10. The number of carbonyl (C=O) groups excluding carboxylic acids is 1. The molecular formula is C26H32N4O. The zero-order valence-corrected chi connectivity index (χ0v) is 18.5. The Hall–Kier alpha value is -3.05. The molecule has 1 aromatic carbocycles.